The molecule has 0 saturated heterocycles. The Balaban J connectivity index is 2.38. The number of benzene rings is 2. The molecule has 0 aliphatic carbocycles. The highest BCUT2D eigenvalue weighted by Crippen LogP contribution is 2.28. The van der Waals surface area contributed by atoms with Crippen LogP contribution in [0.3, 0.4) is 0 Å². The Labute approximate surface area is 101 Å². The van der Waals surface area contributed by atoms with Crippen LogP contribution in [0.1, 0.15) is 5.56 Å². The van der Waals surface area contributed by atoms with E-state index >= 15 is 0 Å². The van der Waals surface area contributed by atoms with E-state index in [1.807, 2.05) is 0 Å². The summed E-state index contributed by atoms with van der Waals surface area (Å²) in [5.74, 6) is -3.31. The topological polar surface area (TPSA) is 33.0 Å². The van der Waals surface area contributed by atoms with Gasteiger partial charge in [-0.1, -0.05) is 6.07 Å². The van der Waals surface area contributed by atoms with Crippen LogP contribution in [-0.2, 0) is 0 Å². The van der Waals surface area contributed by atoms with Crippen LogP contribution in [0.5, 0.6) is 11.5 Å². The van der Waals surface area contributed by atoms with Gasteiger partial charge in [-0.25, -0.2) is 13.2 Å². The number of rotatable bonds is 2. The minimum absolute atomic E-state index is 0.0301. The van der Waals surface area contributed by atoms with Crippen LogP contribution in [-0.4, -0.2) is 0 Å². The lowest BCUT2D eigenvalue weighted by Crippen LogP contribution is -1.94. The van der Waals surface area contributed by atoms with Crippen molar-refractivity contribution in [2.24, 2.45) is 0 Å². The van der Waals surface area contributed by atoms with Crippen LogP contribution in [0.15, 0.2) is 36.4 Å². The molecule has 0 amide bonds. The van der Waals surface area contributed by atoms with Gasteiger partial charge in [0.25, 0.3) is 0 Å². The lowest BCUT2D eigenvalue weighted by molar-refractivity contribution is 0.405. The molecule has 18 heavy (non-hydrogen) atoms. The van der Waals surface area contributed by atoms with Gasteiger partial charge in [-0.3, -0.25) is 0 Å². The Bertz CT molecular complexity index is 611. The summed E-state index contributed by atoms with van der Waals surface area (Å²) in [4.78, 5) is 0. The Morgan fingerprint density at radius 1 is 1.00 bits per heavy atom. The van der Waals surface area contributed by atoms with Gasteiger partial charge in [0, 0.05) is 6.07 Å². The monoisotopic (exact) mass is 249 g/mol. The van der Waals surface area contributed by atoms with Gasteiger partial charge in [0.2, 0.25) is 0 Å². The van der Waals surface area contributed by atoms with Crippen molar-refractivity contribution in [1.29, 1.82) is 5.26 Å². The van der Waals surface area contributed by atoms with E-state index in [1.165, 1.54) is 18.2 Å². The first kappa shape index (κ1) is 12.0. The van der Waals surface area contributed by atoms with E-state index in [1.54, 1.807) is 6.07 Å². The lowest BCUT2D eigenvalue weighted by Gasteiger charge is -2.08. The van der Waals surface area contributed by atoms with Crippen LogP contribution in [0.25, 0.3) is 0 Å². The first-order valence-electron chi connectivity index (χ1n) is 4.92. The Kier molecular flexibility index (Phi) is 3.20. The maximum Gasteiger partial charge on any atom is 0.198 e. The molecule has 0 aliphatic rings. The van der Waals surface area contributed by atoms with Gasteiger partial charge < -0.3 is 4.74 Å². The average molecular weight is 249 g/mol. The summed E-state index contributed by atoms with van der Waals surface area (Å²) in [6.07, 6.45) is 0. The standard InChI is InChI=1S/C13H6F3NO/c14-9-2-1-3-10(6-9)18-13-11(15)4-8(7-17)5-12(13)16/h1-6H. The molecule has 90 valence electrons. The Morgan fingerprint density at radius 2 is 1.67 bits per heavy atom. The van der Waals surface area contributed by atoms with Crippen molar-refractivity contribution in [1.82, 2.24) is 0 Å². The molecule has 2 nitrogen and oxygen atoms in total. The summed E-state index contributed by atoms with van der Waals surface area (Å²) >= 11 is 0. The molecule has 0 fully saturated rings. The second kappa shape index (κ2) is 4.80. The minimum Gasteiger partial charge on any atom is -0.451 e. The fourth-order valence-corrected chi connectivity index (χ4v) is 1.37. The van der Waals surface area contributed by atoms with Crippen molar-refractivity contribution in [3.05, 3.63) is 59.4 Å². The van der Waals surface area contributed by atoms with E-state index in [0.29, 0.717) is 0 Å². The zero-order valence-electron chi connectivity index (χ0n) is 8.95. The van der Waals surface area contributed by atoms with E-state index in [4.69, 9.17) is 10.00 Å². The molecular weight excluding hydrogens is 243 g/mol. The van der Waals surface area contributed by atoms with Crippen molar-refractivity contribution in [2.75, 3.05) is 0 Å². The molecule has 0 spiro atoms. The zero-order chi connectivity index (χ0) is 13.1. The van der Waals surface area contributed by atoms with Crippen molar-refractivity contribution in [3.8, 4) is 17.6 Å². The first-order valence-corrected chi connectivity index (χ1v) is 4.92. The lowest BCUT2D eigenvalue weighted by atomic mass is 10.2. The predicted molar refractivity (Wildman–Crippen MR) is 57.5 cm³/mol. The molecule has 0 bridgehead atoms. The molecule has 0 N–H and O–H groups in total. The van der Waals surface area contributed by atoms with Gasteiger partial charge in [0.15, 0.2) is 17.4 Å². The maximum atomic E-state index is 13.5. The summed E-state index contributed by atoms with van der Waals surface area (Å²) in [6.45, 7) is 0. The third kappa shape index (κ3) is 2.43. The van der Waals surface area contributed by atoms with Gasteiger partial charge in [-0.15, -0.1) is 0 Å². The smallest absolute Gasteiger partial charge is 0.198 e. The molecule has 0 aromatic heterocycles. The maximum absolute atomic E-state index is 13.5. The second-order valence-corrected chi connectivity index (χ2v) is 3.44. The van der Waals surface area contributed by atoms with Crippen LogP contribution >= 0.6 is 0 Å². The third-order valence-corrected chi connectivity index (χ3v) is 2.14. The van der Waals surface area contributed by atoms with E-state index in [0.717, 1.165) is 18.2 Å². The van der Waals surface area contributed by atoms with Crippen molar-refractivity contribution < 1.29 is 17.9 Å². The number of ether oxygens (including phenoxy) is 1. The van der Waals surface area contributed by atoms with E-state index in [-0.39, 0.29) is 11.3 Å². The first-order chi connectivity index (χ1) is 8.60. The summed E-state index contributed by atoms with van der Waals surface area (Å²) in [7, 11) is 0. The summed E-state index contributed by atoms with van der Waals surface area (Å²) in [5, 5.41) is 8.53. The van der Waals surface area contributed by atoms with Gasteiger partial charge in [0.1, 0.15) is 11.6 Å². The molecule has 5 heteroatoms. The highest BCUT2D eigenvalue weighted by molar-refractivity contribution is 5.40. The van der Waals surface area contributed by atoms with Gasteiger partial charge >= 0.3 is 0 Å². The molecule has 2 aromatic carbocycles. The molecule has 0 atom stereocenters. The fourth-order valence-electron chi connectivity index (χ4n) is 1.37. The highest BCUT2D eigenvalue weighted by atomic mass is 19.1. The van der Waals surface area contributed by atoms with Crippen molar-refractivity contribution >= 4 is 0 Å². The number of nitrogens with zero attached hydrogens (tertiary/aromatic N) is 1. The summed E-state index contributed by atoms with van der Waals surface area (Å²) in [5.41, 5.74) is -0.156. The molecule has 2 rings (SSSR count). The molecule has 0 radical (unpaired) electrons. The summed E-state index contributed by atoms with van der Waals surface area (Å²) < 4.78 is 44.7. The van der Waals surface area contributed by atoms with E-state index in [9.17, 15) is 13.2 Å². The Hall–Kier alpha value is -2.48. The molecule has 0 heterocycles. The van der Waals surface area contributed by atoms with Crippen LogP contribution in [0.2, 0.25) is 0 Å². The largest absolute Gasteiger partial charge is 0.451 e. The van der Waals surface area contributed by atoms with Gasteiger partial charge in [-0.2, -0.15) is 5.26 Å². The van der Waals surface area contributed by atoms with Crippen molar-refractivity contribution in [2.45, 2.75) is 0 Å². The molecule has 2 aromatic rings. The second-order valence-electron chi connectivity index (χ2n) is 3.44. The number of nitriles is 1. The van der Waals surface area contributed by atoms with Crippen LogP contribution in [0.4, 0.5) is 13.2 Å². The quantitative estimate of drug-likeness (QED) is 0.811. The fraction of sp³-hybridized carbons (Fsp3) is 0. The normalized spacial score (nSPS) is 9.89. The summed E-state index contributed by atoms with van der Waals surface area (Å²) in [6, 6.07) is 8.19. The average Bonchev–Trinajstić information content (AvgIpc) is 2.33. The third-order valence-electron chi connectivity index (χ3n) is 2.14. The zero-order valence-corrected chi connectivity index (χ0v) is 8.95. The van der Waals surface area contributed by atoms with E-state index in [2.05, 4.69) is 0 Å². The SMILES string of the molecule is N#Cc1cc(F)c(Oc2cccc(F)c2)c(F)c1. The molecule has 0 saturated carbocycles. The molecule has 0 aliphatic heterocycles. The molecular formula is C13H6F3NO. The number of halogens is 3. The van der Waals surface area contributed by atoms with Crippen LogP contribution in [0, 0.1) is 28.8 Å². The predicted octanol–water partition coefficient (Wildman–Crippen LogP) is 3.77. The highest BCUT2D eigenvalue weighted by Gasteiger charge is 2.13. The van der Waals surface area contributed by atoms with Gasteiger partial charge in [-0.05, 0) is 24.3 Å². The number of hydrogen-bond donors (Lipinski definition) is 0. The molecule has 0 unspecified atom stereocenters. The van der Waals surface area contributed by atoms with Crippen molar-refractivity contribution in [3.63, 3.8) is 0 Å². The van der Waals surface area contributed by atoms with Crippen LogP contribution < -0.4 is 4.74 Å². The Morgan fingerprint density at radius 3 is 2.22 bits per heavy atom. The van der Waals surface area contributed by atoms with E-state index < -0.39 is 23.2 Å². The number of hydrogen-bond acceptors (Lipinski definition) is 2. The minimum atomic E-state index is -1.02. The van der Waals surface area contributed by atoms with Gasteiger partial charge in [0.05, 0.1) is 11.6 Å².